The van der Waals surface area contributed by atoms with E-state index in [0.29, 0.717) is 19.0 Å². The molecule has 1 aromatic heterocycles. The molecule has 7 heteroatoms. The summed E-state index contributed by atoms with van der Waals surface area (Å²) in [5, 5.41) is 9.29. The molecule has 1 atom stereocenters. The SMILES string of the molecule is CCOc1nc(Cl)nc(N2CCCCC2CCO)n1. The van der Waals surface area contributed by atoms with Gasteiger partial charge in [-0.3, -0.25) is 0 Å². The minimum Gasteiger partial charge on any atom is -0.464 e. The molecule has 1 aliphatic rings. The molecule has 0 aliphatic carbocycles. The molecule has 1 saturated heterocycles. The lowest BCUT2D eigenvalue weighted by atomic mass is 10.0. The molecule has 1 aliphatic heterocycles. The monoisotopic (exact) mass is 286 g/mol. The summed E-state index contributed by atoms with van der Waals surface area (Å²) in [5.41, 5.74) is 0. The number of aromatic nitrogens is 3. The van der Waals surface area contributed by atoms with Crippen molar-refractivity contribution in [2.24, 2.45) is 0 Å². The van der Waals surface area contributed by atoms with Crippen molar-refractivity contribution in [2.75, 3.05) is 24.7 Å². The lowest BCUT2D eigenvalue weighted by Crippen LogP contribution is -2.41. The number of halogens is 1. The van der Waals surface area contributed by atoms with Crippen LogP contribution in [0.1, 0.15) is 32.6 Å². The normalized spacial score (nSPS) is 19.5. The zero-order chi connectivity index (χ0) is 13.7. The highest BCUT2D eigenvalue weighted by Gasteiger charge is 2.25. The third-order valence-corrected chi connectivity index (χ3v) is 3.36. The Morgan fingerprint density at radius 2 is 2.21 bits per heavy atom. The van der Waals surface area contributed by atoms with Crippen LogP contribution in [0.4, 0.5) is 5.95 Å². The van der Waals surface area contributed by atoms with E-state index in [1.807, 2.05) is 6.92 Å². The number of hydrogen-bond donors (Lipinski definition) is 1. The first-order valence-corrected chi connectivity index (χ1v) is 7.04. The Labute approximate surface area is 117 Å². The molecule has 0 saturated carbocycles. The fraction of sp³-hybridized carbons (Fsp3) is 0.750. The van der Waals surface area contributed by atoms with E-state index >= 15 is 0 Å². The van der Waals surface area contributed by atoms with Gasteiger partial charge in [-0.05, 0) is 44.2 Å². The Hall–Kier alpha value is -1.14. The van der Waals surface area contributed by atoms with Gasteiger partial charge < -0.3 is 14.7 Å². The van der Waals surface area contributed by atoms with Gasteiger partial charge in [-0.2, -0.15) is 15.0 Å². The van der Waals surface area contributed by atoms with Crippen molar-refractivity contribution in [1.82, 2.24) is 15.0 Å². The third kappa shape index (κ3) is 3.67. The van der Waals surface area contributed by atoms with E-state index in [9.17, 15) is 0 Å². The van der Waals surface area contributed by atoms with Gasteiger partial charge in [-0.15, -0.1) is 0 Å². The van der Waals surface area contributed by atoms with E-state index in [4.69, 9.17) is 21.4 Å². The summed E-state index contributed by atoms with van der Waals surface area (Å²) in [4.78, 5) is 14.5. The smallest absolute Gasteiger partial charge is 0.322 e. The van der Waals surface area contributed by atoms with Crippen molar-refractivity contribution < 1.29 is 9.84 Å². The number of rotatable bonds is 5. The van der Waals surface area contributed by atoms with Gasteiger partial charge in [0.25, 0.3) is 0 Å². The van der Waals surface area contributed by atoms with Crippen molar-refractivity contribution in [3.05, 3.63) is 5.28 Å². The number of ether oxygens (including phenoxy) is 1. The summed E-state index contributed by atoms with van der Waals surface area (Å²) in [7, 11) is 0. The molecule has 1 aromatic rings. The average molecular weight is 287 g/mol. The summed E-state index contributed by atoms with van der Waals surface area (Å²) in [6.07, 6.45) is 4.01. The lowest BCUT2D eigenvalue weighted by Gasteiger charge is -2.35. The highest BCUT2D eigenvalue weighted by atomic mass is 35.5. The Balaban J connectivity index is 2.22. The van der Waals surface area contributed by atoms with Crippen molar-refractivity contribution in [3.8, 4) is 6.01 Å². The molecule has 19 heavy (non-hydrogen) atoms. The first-order chi connectivity index (χ1) is 9.24. The Bertz CT molecular complexity index is 417. The molecule has 6 nitrogen and oxygen atoms in total. The molecule has 2 rings (SSSR count). The minimum atomic E-state index is 0.141. The zero-order valence-electron chi connectivity index (χ0n) is 11.0. The Morgan fingerprint density at radius 3 is 2.95 bits per heavy atom. The standard InChI is InChI=1S/C12H19ClN4O2/c1-2-19-12-15-10(13)14-11(16-12)17-7-4-3-5-9(17)6-8-18/h9,18H,2-8H2,1H3. The Kier molecular flexibility index (Phi) is 5.15. The van der Waals surface area contributed by atoms with E-state index in [2.05, 4.69) is 19.9 Å². The largest absolute Gasteiger partial charge is 0.464 e. The van der Waals surface area contributed by atoms with Gasteiger partial charge in [0, 0.05) is 19.2 Å². The van der Waals surface area contributed by atoms with Crippen LogP contribution in [0.2, 0.25) is 5.28 Å². The van der Waals surface area contributed by atoms with Crippen LogP contribution >= 0.6 is 11.6 Å². The number of aliphatic hydroxyl groups excluding tert-OH is 1. The maximum absolute atomic E-state index is 9.15. The first kappa shape index (κ1) is 14.3. The van der Waals surface area contributed by atoms with E-state index in [0.717, 1.165) is 25.8 Å². The number of piperidine rings is 1. The van der Waals surface area contributed by atoms with Crippen molar-refractivity contribution in [3.63, 3.8) is 0 Å². The van der Waals surface area contributed by atoms with Crippen molar-refractivity contribution in [2.45, 2.75) is 38.6 Å². The summed E-state index contributed by atoms with van der Waals surface area (Å²) in [5.74, 6) is 0.543. The summed E-state index contributed by atoms with van der Waals surface area (Å²) >= 11 is 5.91. The Morgan fingerprint density at radius 1 is 1.37 bits per heavy atom. The molecule has 106 valence electrons. The van der Waals surface area contributed by atoms with Crippen LogP contribution in [0.25, 0.3) is 0 Å². The van der Waals surface area contributed by atoms with Crippen LogP contribution in [0, 0.1) is 0 Å². The molecule has 0 amide bonds. The summed E-state index contributed by atoms with van der Waals surface area (Å²) < 4.78 is 5.29. The second-order valence-corrected chi connectivity index (χ2v) is 4.81. The van der Waals surface area contributed by atoms with Gasteiger partial charge in [-0.25, -0.2) is 0 Å². The van der Waals surface area contributed by atoms with Gasteiger partial charge >= 0.3 is 6.01 Å². The molecule has 1 N–H and O–H groups in total. The van der Waals surface area contributed by atoms with Crippen molar-refractivity contribution >= 4 is 17.5 Å². The van der Waals surface area contributed by atoms with Crippen LogP contribution < -0.4 is 9.64 Å². The third-order valence-electron chi connectivity index (χ3n) is 3.20. The predicted octanol–water partition coefficient (Wildman–Crippen LogP) is 1.66. The first-order valence-electron chi connectivity index (χ1n) is 6.66. The van der Waals surface area contributed by atoms with E-state index in [-0.39, 0.29) is 23.9 Å². The number of anilines is 1. The van der Waals surface area contributed by atoms with Crippen LogP contribution in [-0.2, 0) is 0 Å². The molecular weight excluding hydrogens is 268 g/mol. The van der Waals surface area contributed by atoms with Crippen LogP contribution in [0.5, 0.6) is 6.01 Å². The number of aliphatic hydroxyl groups is 1. The van der Waals surface area contributed by atoms with Crippen molar-refractivity contribution in [1.29, 1.82) is 0 Å². The van der Waals surface area contributed by atoms with Crippen LogP contribution in [-0.4, -0.2) is 45.9 Å². The molecular formula is C12H19ClN4O2. The van der Waals surface area contributed by atoms with E-state index in [1.165, 1.54) is 0 Å². The molecule has 1 unspecified atom stereocenters. The summed E-state index contributed by atoms with van der Waals surface area (Å²) in [6, 6.07) is 0.512. The molecule has 0 aromatic carbocycles. The highest BCUT2D eigenvalue weighted by Crippen LogP contribution is 2.25. The minimum absolute atomic E-state index is 0.141. The van der Waals surface area contributed by atoms with Crippen LogP contribution in [0.3, 0.4) is 0 Å². The fourth-order valence-electron chi connectivity index (χ4n) is 2.36. The molecule has 2 heterocycles. The zero-order valence-corrected chi connectivity index (χ0v) is 11.8. The van der Waals surface area contributed by atoms with Gasteiger partial charge in [0.1, 0.15) is 0 Å². The average Bonchev–Trinajstić information content (AvgIpc) is 2.39. The second kappa shape index (κ2) is 6.86. The molecule has 0 bridgehead atoms. The quantitative estimate of drug-likeness (QED) is 0.888. The van der Waals surface area contributed by atoms with Gasteiger partial charge in [-0.1, -0.05) is 0 Å². The number of hydrogen-bond acceptors (Lipinski definition) is 6. The van der Waals surface area contributed by atoms with Gasteiger partial charge in [0.05, 0.1) is 6.61 Å². The predicted molar refractivity (Wildman–Crippen MR) is 72.7 cm³/mol. The van der Waals surface area contributed by atoms with E-state index in [1.54, 1.807) is 0 Å². The van der Waals surface area contributed by atoms with E-state index < -0.39 is 0 Å². The molecule has 0 radical (unpaired) electrons. The van der Waals surface area contributed by atoms with Gasteiger partial charge in [0.2, 0.25) is 11.2 Å². The second-order valence-electron chi connectivity index (χ2n) is 4.48. The highest BCUT2D eigenvalue weighted by molar-refractivity contribution is 6.28. The maximum atomic E-state index is 9.15. The molecule has 0 spiro atoms. The van der Waals surface area contributed by atoms with Gasteiger partial charge in [0.15, 0.2) is 0 Å². The number of nitrogens with zero attached hydrogens (tertiary/aromatic N) is 4. The molecule has 1 fully saturated rings. The fourth-order valence-corrected chi connectivity index (χ4v) is 2.50. The lowest BCUT2D eigenvalue weighted by molar-refractivity contribution is 0.261. The summed E-state index contributed by atoms with van der Waals surface area (Å²) in [6.45, 7) is 3.39. The van der Waals surface area contributed by atoms with Crippen LogP contribution in [0.15, 0.2) is 0 Å². The maximum Gasteiger partial charge on any atom is 0.322 e. The topological polar surface area (TPSA) is 71.4 Å².